The number of hydrogen-bond donors (Lipinski definition) is 2. The molecule has 0 aliphatic heterocycles. The van der Waals surface area contributed by atoms with Crippen LogP contribution in [0.4, 0.5) is 22.7 Å². The summed E-state index contributed by atoms with van der Waals surface area (Å²) in [5.74, 6) is -0.729. The van der Waals surface area contributed by atoms with E-state index < -0.39 is 48.0 Å². The number of ether oxygens (including phenoxy) is 1. The van der Waals surface area contributed by atoms with Crippen molar-refractivity contribution in [1.29, 1.82) is 0 Å². The first-order valence-electron chi connectivity index (χ1n) is 12.4. The van der Waals surface area contributed by atoms with E-state index >= 15 is 0 Å². The Kier molecular flexibility index (Phi) is 9.23. The summed E-state index contributed by atoms with van der Waals surface area (Å²) in [7, 11) is -7.19. The van der Waals surface area contributed by atoms with Gasteiger partial charge in [0.1, 0.15) is 12.3 Å². The topological polar surface area (TPSA) is 165 Å². The van der Waals surface area contributed by atoms with E-state index in [4.69, 9.17) is 16.3 Å². The van der Waals surface area contributed by atoms with Crippen LogP contribution in [-0.4, -0.2) is 41.3 Å². The van der Waals surface area contributed by atoms with Crippen molar-refractivity contribution in [2.45, 2.75) is 16.7 Å². The smallest absolute Gasteiger partial charge is 0.273 e. The van der Waals surface area contributed by atoms with Gasteiger partial charge in [-0.15, -0.1) is 0 Å². The first-order valence-corrected chi connectivity index (χ1v) is 15.7. The normalized spacial score (nSPS) is 11.4. The van der Waals surface area contributed by atoms with Gasteiger partial charge in [-0.3, -0.25) is 23.9 Å². The molecule has 0 aromatic heterocycles. The minimum atomic E-state index is -4.58. The minimum absolute atomic E-state index is 0.0665. The van der Waals surface area contributed by atoms with Crippen molar-refractivity contribution in [2.75, 3.05) is 28.0 Å². The zero-order valence-corrected chi connectivity index (χ0v) is 25.1. The Balaban J connectivity index is 1.63. The molecule has 43 heavy (non-hydrogen) atoms. The van der Waals surface area contributed by atoms with Crippen molar-refractivity contribution < 1.29 is 31.3 Å². The van der Waals surface area contributed by atoms with Gasteiger partial charge in [0.25, 0.3) is 25.7 Å². The van der Waals surface area contributed by atoms with Gasteiger partial charge >= 0.3 is 0 Å². The van der Waals surface area contributed by atoms with Crippen LogP contribution >= 0.6 is 11.6 Å². The largest absolute Gasteiger partial charge is 0.495 e. The Bertz CT molecular complexity index is 1890. The summed E-state index contributed by atoms with van der Waals surface area (Å²) in [6.45, 7) is 0.685. The van der Waals surface area contributed by atoms with Gasteiger partial charge in [0, 0.05) is 28.0 Å². The van der Waals surface area contributed by atoms with E-state index in [-0.39, 0.29) is 32.6 Å². The number of rotatable bonds is 11. The Labute approximate surface area is 253 Å². The maximum Gasteiger partial charge on any atom is 0.273 e. The zero-order chi connectivity index (χ0) is 31.4. The fourth-order valence-electron chi connectivity index (χ4n) is 4.00. The first-order chi connectivity index (χ1) is 20.3. The van der Waals surface area contributed by atoms with Crippen LogP contribution in [0, 0.1) is 17.0 Å². The molecule has 4 rings (SSSR count). The molecule has 0 saturated heterocycles. The Hall–Kier alpha value is -4.66. The standard InChI is InChI=1S/C28H25ClN4O8S2/c1-19-8-12-24(17-25(19)33(35)36)43(39,40)32(26-16-20(29)9-15-27(26)41-2)18-28(34)30-21-10-13-23(14-11-21)42(37,38)31-22-6-4-3-5-7-22/h3-17,31H,18H2,1-2H3,(H,30,34). The second kappa shape index (κ2) is 12.7. The quantitative estimate of drug-likeness (QED) is 0.166. The van der Waals surface area contributed by atoms with Gasteiger partial charge in [-0.05, 0) is 67.6 Å². The van der Waals surface area contributed by atoms with Crippen LogP contribution in [-0.2, 0) is 24.8 Å². The number of amides is 1. The van der Waals surface area contributed by atoms with E-state index in [0.717, 1.165) is 10.4 Å². The maximum absolute atomic E-state index is 13.8. The molecule has 0 fully saturated rings. The lowest BCUT2D eigenvalue weighted by Crippen LogP contribution is -2.38. The highest BCUT2D eigenvalue weighted by atomic mass is 35.5. The molecule has 0 radical (unpaired) electrons. The Morgan fingerprint density at radius 1 is 0.907 bits per heavy atom. The van der Waals surface area contributed by atoms with Gasteiger partial charge in [-0.2, -0.15) is 0 Å². The van der Waals surface area contributed by atoms with Gasteiger partial charge in [0.15, 0.2) is 0 Å². The summed E-state index contributed by atoms with van der Waals surface area (Å²) in [6.07, 6.45) is 0. The van der Waals surface area contributed by atoms with Gasteiger partial charge in [-0.1, -0.05) is 35.9 Å². The van der Waals surface area contributed by atoms with Crippen molar-refractivity contribution in [1.82, 2.24) is 0 Å². The predicted molar refractivity (Wildman–Crippen MR) is 163 cm³/mol. The average Bonchev–Trinajstić information content (AvgIpc) is 2.96. The molecule has 4 aromatic rings. The second-order valence-corrected chi connectivity index (χ2v) is 13.1. The van der Waals surface area contributed by atoms with Crippen LogP contribution in [0.25, 0.3) is 0 Å². The number of hydrogen-bond acceptors (Lipinski definition) is 8. The second-order valence-electron chi connectivity index (χ2n) is 9.08. The highest BCUT2D eigenvalue weighted by molar-refractivity contribution is 7.93. The number of carbonyl (C=O) groups excluding carboxylic acids is 1. The average molecular weight is 645 g/mol. The number of nitrogens with zero attached hydrogens (tertiary/aromatic N) is 2. The molecule has 0 aliphatic carbocycles. The lowest BCUT2D eigenvalue weighted by molar-refractivity contribution is -0.385. The lowest BCUT2D eigenvalue weighted by Gasteiger charge is -2.26. The molecule has 224 valence electrons. The Morgan fingerprint density at radius 2 is 1.56 bits per heavy atom. The summed E-state index contributed by atoms with van der Waals surface area (Å²) in [6, 6.07) is 21.1. The van der Waals surface area contributed by atoms with Crippen LogP contribution in [0.1, 0.15) is 5.56 Å². The van der Waals surface area contributed by atoms with Crippen LogP contribution in [0.5, 0.6) is 5.75 Å². The highest BCUT2D eigenvalue weighted by Crippen LogP contribution is 2.36. The minimum Gasteiger partial charge on any atom is -0.495 e. The van der Waals surface area contributed by atoms with Crippen molar-refractivity contribution in [3.8, 4) is 5.75 Å². The van der Waals surface area contributed by atoms with Gasteiger partial charge < -0.3 is 10.1 Å². The molecule has 4 aromatic carbocycles. The van der Waals surface area contributed by atoms with Crippen molar-refractivity contribution in [3.05, 3.63) is 112 Å². The van der Waals surface area contributed by atoms with E-state index in [2.05, 4.69) is 10.0 Å². The summed E-state index contributed by atoms with van der Waals surface area (Å²) >= 11 is 6.15. The number of methoxy groups -OCH3 is 1. The number of benzene rings is 4. The summed E-state index contributed by atoms with van der Waals surface area (Å²) in [4.78, 5) is 23.5. The number of halogens is 1. The molecule has 1 amide bonds. The molecule has 0 heterocycles. The van der Waals surface area contributed by atoms with E-state index in [0.29, 0.717) is 5.69 Å². The molecule has 2 N–H and O–H groups in total. The molecule has 15 heteroatoms. The summed E-state index contributed by atoms with van der Waals surface area (Å²) in [5.41, 5.74) is 0.307. The number of para-hydroxylation sites is 1. The zero-order valence-electron chi connectivity index (χ0n) is 22.7. The van der Waals surface area contributed by atoms with Gasteiger partial charge in [-0.25, -0.2) is 16.8 Å². The van der Waals surface area contributed by atoms with E-state index in [1.165, 1.54) is 68.6 Å². The third-order valence-electron chi connectivity index (χ3n) is 6.14. The molecular weight excluding hydrogens is 620 g/mol. The number of carbonyl (C=O) groups is 1. The number of nitrogens with one attached hydrogen (secondary N) is 2. The first kappa shape index (κ1) is 31.3. The number of aryl methyl sites for hydroxylation is 1. The molecule has 0 unspecified atom stereocenters. The summed E-state index contributed by atoms with van der Waals surface area (Å²) in [5, 5.41) is 14.2. The molecular formula is C28H25ClN4O8S2. The molecule has 0 spiro atoms. The molecule has 0 atom stereocenters. The predicted octanol–water partition coefficient (Wildman–Crippen LogP) is 5.20. The fourth-order valence-corrected chi connectivity index (χ4v) is 6.67. The summed E-state index contributed by atoms with van der Waals surface area (Å²) < 4.78 is 61.6. The van der Waals surface area contributed by atoms with Crippen LogP contribution < -0.4 is 19.1 Å². The maximum atomic E-state index is 13.8. The van der Waals surface area contributed by atoms with Crippen LogP contribution in [0.3, 0.4) is 0 Å². The monoisotopic (exact) mass is 644 g/mol. The number of sulfonamides is 2. The van der Waals surface area contributed by atoms with Crippen LogP contribution in [0.2, 0.25) is 5.02 Å². The molecule has 0 aliphatic rings. The SMILES string of the molecule is COc1ccc(Cl)cc1N(CC(=O)Nc1ccc(S(=O)(=O)Nc2ccccc2)cc1)S(=O)(=O)c1ccc(C)c([N+](=O)[O-])c1. The van der Waals surface area contributed by atoms with Crippen LogP contribution in [0.15, 0.2) is 101 Å². The Morgan fingerprint density at radius 3 is 2.19 bits per heavy atom. The molecule has 0 bridgehead atoms. The fraction of sp³-hybridized carbons (Fsp3) is 0.107. The lowest BCUT2D eigenvalue weighted by atomic mass is 10.2. The number of nitro groups is 1. The third-order valence-corrected chi connectivity index (χ3v) is 9.52. The van der Waals surface area contributed by atoms with Crippen molar-refractivity contribution in [2.24, 2.45) is 0 Å². The number of nitro benzene ring substituents is 1. The van der Waals surface area contributed by atoms with Crippen molar-refractivity contribution >= 4 is 60.3 Å². The van der Waals surface area contributed by atoms with Crippen molar-refractivity contribution in [3.63, 3.8) is 0 Å². The third kappa shape index (κ3) is 7.23. The van der Waals surface area contributed by atoms with Gasteiger partial charge in [0.2, 0.25) is 5.91 Å². The van der Waals surface area contributed by atoms with E-state index in [9.17, 15) is 31.7 Å². The van der Waals surface area contributed by atoms with E-state index in [1.807, 2.05) is 0 Å². The van der Waals surface area contributed by atoms with E-state index in [1.54, 1.807) is 30.3 Å². The highest BCUT2D eigenvalue weighted by Gasteiger charge is 2.31. The van der Waals surface area contributed by atoms with Gasteiger partial charge in [0.05, 0.1) is 27.5 Å². The molecule has 12 nitrogen and oxygen atoms in total. The number of anilines is 3. The molecule has 0 saturated carbocycles.